The fourth-order valence-electron chi connectivity index (χ4n) is 6.28. The molecule has 1 amide bonds. The van der Waals surface area contributed by atoms with Gasteiger partial charge in [-0.25, -0.2) is 4.68 Å². The molecular formula is C26H32N6O3. The van der Waals surface area contributed by atoms with Gasteiger partial charge in [-0.05, 0) is 69.0 Å². The lowest BCUT2D eigenvalue weighted by Crippen LogP contribution is -2.54. The minimum absolute atomic E-state index is 0.0186. The molecule has 9 heteroatoms. The summed E-state index contributed by atoms with van der Waals surface area (Å²) in [7, 11) is 4.02. The van der Waals surface area contributed by atoms with Gasteiger partial charge in [0.2, 0.25) is 6.41 Å². The van der Waals surface area contributed by atoms with E-state index in [1.54, 1.807) is 4.90 Å². The number of carbonyl (C=O) groups is 1. The molecule has 3 aliphatic heterocycles. The summed E-state index contributed by atoms with van der Waals surface area (Å²) in [5.41, 5.74) is 4.40. The summed E-state index contributed by atoms with van der Waals surface area (Å²) in [6, 6.07) is 6.09. The number of hydrogen-bond acceptors (Lipinski definition) is 7. The van der Waals surface area contributed by atoms with Crippen molar-refractivity contribution in [1.29, 1.82) is 0 Å². The van der Waals surface area contributed by atoms with Gasteiger partial charge >= 0.3 is 0 Å². The normalized spacial score (nSPS) is 26.3. The molecule has 0 radical (unpaired) electrons. The highest BCUT2D eigenvalue weighted by Gasteiger charge is 2.65. The van der Waals surface area contributed by atoms with E-state index < -0.39 is 0 Å². The molecule has 2 bridgehead atoms. The number of benzene rings is 1. The van der Waals surface area contributed by atoms with E-state index in [0.717, 1.165) is 79.7 Å². The molecule has 35 heavy (non-hydrogen) atoms. The standard InChI is InChI=1S/C26H32N6O3/c1-18(35-20-4-5-23-22(10-20)21-6-9-34-13-19(21)11-27-23)24-12-32(29-28-24)26-14-25(15-26,31(3)16-26)7-8-30(2)17-33/h4-5,10-12,17-18H,6-9,13-16H2,1-3H3. The molecule has 1 saturated carbocycles. The van der Waals surface area contributed by atoms with Crippen LogP contribution in [0.5, 0.6) is 5.75 Å². The summed E-state index contributed by atoms with van der Waals surface area (Å²) in [4.78, 5) is 19.7. The van der Waals surface area contributed by atoms with Gasteiger partial charge in [-0.2, -0.15) is 0 Å². The van der Waals surface area contributed by atoms with Gasteiger partial charge in [0.1, 0.15) is 17.5 Å². The molecule has 1 aliphatic carbocycles. The number of rotatable bonds is 8. The smallest absolute Gasteiger partial charge is 0.209 e. The molecule has 7 rings (SSSR count). The van der Waals surface area contributed by atoms with Crippen LogP contribution in [0.15, 0.2) is 30.6 Å². The Morgan fingerprint density at radius 3 is 3.03 bits per heavy atom. The van der Waals surface area contributed by atoms with E-state index in [4.69, 9.17) is 9.47 Å². The Balaban J connectivity index is 1.17. The maximum atomic E-state index is 11.0. The number of pyridine rings is 1. The summed E-state index contributed by atoms with van der Waals surface area (Å²) < 4.78 is 14.0. The van der Waals surface area contributed by atoms with Crippen molar-refractivity contribution >= 4 is 17.3 Å². The van der Waals surface area contributed by atoms with Crippen molar-refractivity contribution in [2.24, 2.45) is 0 Å². The molecule has 3 aromatic rings. The molecule has 1 aromatic carbocycles. The first-order valence-corrected chi connectivity index (χ1v) is 12.4. The van der Waals surface area contributed by atoms with Crippen LogP contribution >= 0.6 is 0 Å². The van der Waals surface area contributed by atoms with Crippen LogP contribution in [0.3, 0.4) is 0 Å². The molecule has 184 valence electrons. The topological polar surface area (TPSA) is 85.6 Å². The highest BCUT2D eigenvalue weighted by atomic mass is 16.5. The lowest BCUT2D eigenvalue weighted by molar-refractivity contribution is -0.117. The maximum absolute atomic E-state index is 11.0. The lowest BCUT2D eigenvalue weighted by Gasteiger charge is -2.47. The van der Waals surface area contributed by atoms with Crippen LogP contribution in [0.4, 0.5) is 0 Å². The SMILES string of the molecule is CC(Oc1ccc2ncc3c(c2c1)CCOC3)c1cn(C23CN(C)C(CCN(C)C=O)(C2)C3)nn1. The van der Waals surface area contributed by atoms with E-state index in [9.17, 15) is 4.79 Å². The molecule has 1 unspecified atom stereocenters. The first-order valence-electron chi connectivity index (χ1n) is 12.4. The maximum Gasteiger partial charge on any atom is 0.209 e. The molecule has 9 nitrogen and oxygen atoms in total. The summed E-state index contributed by atoms with van der Waals surface area (Å²) in [6.45, 7) is 5.10. The van der Waals surface area contributed by atoms with Gasteiger partial charge in [0.15, 0.2) is 0 Å². The first-order chi connectivity index (χ1) is 16.9. The third-order valence-corrected chi connectivity index (χ3v) is 8.29. The van der Waals surface area contributed by atoms with E-state index in [1.807, 2.05) is 43.2 Å². The lowest BCUT2D eigenvalue weighted by atomic mass is 9.66. The first kappa shape index (κ1) is 22.4. The number of hydrogen-bond donors (Lipinski definition) is 0. The Labute approximate surface area is 205 Å². The predicted octanol–water partition coefficient (Wildman–Crippen LogP) is 2.69. The van der Waals surface area contributed by atoms with Crippen LogP contribution < -0.4 is 4.74 Å². The summed E-state index contributed by atoms with van der Waals surface area (Å²) >= 11 is 0. The van der Waals surface area contributed by atoms with Gasteiger partial charge < -0.3 is 14.4 Å². The van der Waals surface area contributed by atoms with Gasteiger partial charge in [0, 0.05) is 37.3 Å². The second kappa shape index (κ2) is 8.27. The Hall–Kier alpha value is -3.04. The Bertz CT molecular complexity index is 1270. The molecule has 2 saturated heterocycles. The number of likely N-dealkylation sites (N-methyl/N-ethyl adjacent to an activating group) is 1. The minimum atomic E-state index is -0.223. The highest BCUT2D eigenvalue weighted by Crippen LogP contribution is 2.58. The van der Waals surface area contributed by atoms with Gasteiger partial charge in [0.25, 0.3) is 0 Å². The third kappa shape index (κ3) is 3.68. The van der Waals surface area contributed by atoms with Crippen molar-refractivity contribution in [1.82, 2.24) is 29.8 Å². The molecule has 5 heterocycles. The molecule has 2 aromatic heterocycles. The highest BCUT2D eigenvalue weighted by molar-refractivity contribution is 5.84. The van der Waals surface area contributed by atoms with Crippen LogP contribution in [-0.4, -0.2) is 75.5 Å². The van der Waals surface area contributed by atoms with Crippen LogP contribution in [0.1, 0.15) is 49.1 Å². The summed E-state index contributed by atoms with van der Waals surface area (Å²) in [6.07, 6.45) is 8.60. The van der Waals surface area contributed by atoms with E-state index in [0.29, 0.717) is 6.61 Å². The molecule has 1 atom stereocenters. The van der Waals surface area contributed by atoms with Gasteiger partial charge in [0.05, 0.1) is 30.5 Å². The van der Waals surface area contributed by atoms with Gasteiger partial charge in [-0.3, -0.25) is 14.7 Å². The number of aromatic nitrogens is 4. The third-order valence-electron chi connectivity index (χ3n) is 8.29. The molecule has 0 N–H and O–H groups in total. The summed E-state index contributed by atoms with van der Waals surface area (Å²) in [5, 5.41) is 10.1. The quantitative estimate of drug-likeness (QED) is 0.462. The monoisotopic (exact) mass is 476 g/mol. The second-order valence-corrected chi connectivity index (χ2v) is 10.6. The number of amides is 1. The van der Waals surface area contributed by atoms with Gasteiger partial charge in [-0.15, -0.1) is 5.10 Å². The fourth-order valence-corrected chi connectivity index (χ4v) is 6.28. The van der Waals surface area contributed by atoms with E-state index in [-0.39, 0.29) is 17.2 Å². The zero-order chi connectivity index (χ0) is 24.2. The second-order valence-electron chi connectivity index (χ2n) is 10.6. The largest absolute Gasteiger partial charge is 0.484 e. The number of fused-ring (bicyclic) bond motifs is 4. The van der Waals surface area contributed by atoms with Crippen molar-refractivity contribution < 1.29 is 14.3 Å². The average Bonchev–Trinajstić information content (AvgIpc) is 3.53. The Kier molecular flexibility index (Phi) is 5.30. The van der Waals surface area contributed by atoms with Crippen molar-refractivity contribution in [3.05, 3.63) is 47.4 Å². The van der Waals surface area contributed by atoms with Crippen molar-refractivity contribution in [3.63, 3.8) is 0 Å². The van der Waals surface area contributed by atoms with Crippen LogP contribution in [0, 0.1) is 0 Å². The zero-order valence-electron chi connectivity index (χ0n) is 20.6. The fraction of sp³-hybridized carbons (Fsp3) is 0.538. The van der Waals surface area contributed by atoms with Crippen molar-refractivity contribution in [3.8, 4) is 5.75 Å². The average molecular weight is 477 g/mol. The van der Waals surface area contributed by atoms with E-state index in [2.05, 4.69) is 33.3 Å². The Morgan fingerprint density at radius 1 is 1.34 bits per heavy atom. The number of carbonyl (C=O) groups excluding carboxylic acids is 1. The van der Waals surface area contributed by atoms with Crippen LogP contribution in [0.25, 0.3) is 10.9 Å². The zero-order valence-corrected chi connectivity index (χ0v) is 20.6. The molecule has 3 fully saturated rings. The minimum Gasteiger partial charge on any atom is -0.484 e. The van der Waals surface area contributed by atoms with Crippen molar-refractivity contribution in [2.75, 3.05) is 33.8 Å². The molecule has 4 aliphatic rings. The number of ether oxygens (including phenoxy) is 2. The van der Waals surface area contributed by atoms with E-state index >= 15 is 0 Å². The molecular weight excluding hydrogens is 444 g/mol. The van der Waals surface area contributed by atoms with Crippen LogP contribution in [-0.2, 0) is 28.1 Å². The number of nitrogens with zero attached hydrogens (tertiary/aromatic N) is 6. The molecule has 0 spiro atoms. The summed E-state index contributed by atoms with van der Waals surface area (Å²) in [5.74, 6) is 0.807. The van der Waals surface area contributed by atoms with Gasteiger partial charge in [-0.1, -0.05) is 5.21 Å². The van der Waals surface area contributed by atoms with Crippen LogP contribution in [0.2, 0.25) is 0 Å². The van der Waals surface area contributed by atoms with E-state index in [1.165, 1.54) is 5.56 Å². The van der Waals surface area contributed by atoms with Crippen molar-refractivity contribution in [2.45, 2.75) is 56.4 Å². The Morgan fingerprint density at radius 2 is 2.20 bits per heavy atom. The predicted molar refractivity (Wildman–Crippen MR) is 130 cm³/mol.